The second-order valence-electron chi connectivity index (χ2n) is 4.18. The third kappa shape index (κ3) is 3.42. The molecule has 0 saturated carbocycles. The molecule has 0 aliphatic heterocycles. The minimum atomic E-state index is 0.294. The number of ether oxygens (including phenoxy) is 1. The molecule has 0 aromatic heterocycles. The Morgan fingerprint density at radius 3 is 2.38 bits per heavy atom. The fraction of sp³-hybridized carbons (Fsp3) is 0.538. The number of aromatic hydroxyl groups is 1. The van der Waals surface area contributed by atoms with Crippen LogP contribution in [-0.4, -0.2) is 24.3 Å². The predicted octanol–water partition coefficient (Wildman–Crippen LogP) is 2.39. The molecular formula is C13H21NO2. The van der Waals surface area contributed by atoms with Crippen molar-refractivity contribution in [1.29, 1.82) is 0 Å². The Morgan fingerprint density at radius 2 is 1.88 bits per heavy atom. The number of hydrogen-bond donors (Lipinski definition) is 2. The van der Waals surface area contributed by atoms with Crippen LogP contribution in [0.3, 0.4) is 0 Å². The van der Waals surface area contributed by atoms with Crippen LogP contribution < -0.4 is 10.1 Å². The van der Waals surface area contributed by atoms with Crippen LogP contribution in [0.4, 0.5) is 0 Å². The van der Waals surface area contributed by atoms with Crippen LogP contribution in [0, 0.1) is 13.8 Å². The molecule has 1 rings (SSSR count). The van der Waals surface area contributed by atoms with Gasteiger partial charge in [0.15, 0.2) is 0 Å². The van der Waals surface area contributed by atoms with Crippen molar-refractivity contribution in [2.45, 2.75) is 33.7 Å². The second kappa shape index (κ2) is 5.75. The van der Waals surface area contributed by atoms with Crippen LogP contribution in [0.25, 0.3) is 0 Å². The molecule has 0 bridgehead atoms. The Labute approximate surface area is 97.4 Å². The van der Waals surface area contributed by atoms with E-state index in [0.717, 1.165) is 23.4 Å². The van der Waals surface area contributed by atoms with E-state index in [9.17, 15) is 5.11 Å². The highest BCUT2D eigenvalue weighted by Gasteiger charge is 2.07. The standard InChI is InChI=1S/C13H21NO2/c1-5-14-11(4)8-16-13-9(2)6-12(15)7-10(13)3/h6-7,11,14-15H,5,8H2,1-4H3. The molecule has 0 radical (unpaired) electrons. The highest BCUT2D eigenvalue weighted by Crippen LogP contribution is 2.27. The van der Waals surface area contributed by atoms with E-state index in [2.05, 4.69) is 19.2 Å². The van der Waals surface area contributed by atoms with Crippen LogP contribution in [0.1, 0.15) is 25.0 Å². The maximum absolute atomic E-state index is 9.41. The molecule has 3 heteroatoms. The van der Waals surface area contributed by atoms with Gasteiger partial charge in [0.05, 0.1) is 0 Å². The Bertz CT molecular complexity index is 327. The summed E-state index contributed by atoms with van der Waals surface area (Å²) in [6.07, 6.45) is 0. The molecule has 1 aromatic carbocycles. The molecule has 3 nitrogen and oxygen atoms in total. The first-order valence-corrected chi connectivity index (χ1v) is 5.71. The van der Waals surface area contributed by atoms with Crippen LogP contribution >= 0.6 is 0 Å². The summed E-state index contributed by atoms with van der Waals surface area (Å²) in [5.74, 6) is 1.17. The Hall–Kier alpha value is -1.22. The fourth-order valence-electron chi connectivity index (χ4n) is 1.77. The zero-order valence-corrected chi connectivity index (χ0v) is 10.5. The molecule has 90 valence electrons. The number of phenols is 1. The molecule has 0 aliphatic carbocycles. The lowest BCUT2D eigenvalue weighted by Gasteiger charge is -2.17. The third-order valence-corrected chi connectivity index (χ3v) is 2.48. The van der Waals surface area contributed by atoms with Crippen molar-refractivity contribution < 1.29 is 9.84 Å². The van der Waals surface area contributed by atoms with Crippen LogP contribution in [0.5, 0.6) is 11.5 Å². The molecule has 0 saturated heterocycles. The van der Waals surface area contributed by atoms with Gasteiger partial charge in [-0.1, -0.05) is 6.92 Å². The van der Waals surface area contributed by atoms with E-state index in [0.29, 0.717) is 18.4 Å². The molecule has 0 heterocycles. The number of nitrogens with one attached hydrogen (secondary N) is 1. The van der Waals surface area contributed by atoms with Gasteiger partial charge in [0.2, 0.25) is 0 Å². The van der Waals surface area contributed by atoms with Crippen molar-refractivity contribution in [2.75, 3.05) is 13.2 Å². The lowest BCUT2D eigenvalue weighted by molar-refractivity contribution is 0.271. The van der Waals surface area contributed by atoms with Crippen molar-refractivity contribution in [3.63, 3.8) is 0 Å². The third-order valence-electron chi connectivity index (χ3n) is 2.48. The molecule has 1 aromatic rings. The predicted molar refractivity (Wildman–Crippen MR) is 66.2 cm³/mol. The van der Waals surface area contributed by atoms with Crippen molar-refractivity contribution in [3.8, 4) is 11.5 Å². The zero-order chi connectivity index (χ0) is 12.1. The number of rotatable bonds is 5. The summed E-state index contributed by atoms with van der Waals surface area (Å²) in [5, 5.41) is 12.7. The summed E-state index contributed by atoms with van der Waals surface area (Å²) < 4.78 is 5.76. The minimum absolute atomic E-state index is 0.294. The molecule has 1 atom stereocenters. The molecule has 16 heavy (non-hydrogen) atoms. The number of hydrogen-bond acceptors (Lipinski definition) is 3. The fourth-order valence-corrected chi connectivity index (χ4v) is 1.77. The number of benzene rings is 1. The monoisotopic (exact) mass is 223 g/mol. The van der Waals surface area contributed by atoms with Gasteiger partial charge in [-0.2, -0.15) is 0 Å². The van der Waals surface area contributed by atoms with Gasteiger partial charge >= 0.3 is 0 Å². The summed E-state index contributed by atoms with van der Waals surface area (Å²) in [5.41, 5.74) is 1.95. The van der Waals surface area contributed by atoms with Crippen molar-refractivity contribution in [3.05, 3.63) is 23.3 Å². The molecular weight excluding hydrogens is 202 g/mol. The van der Waals surface area contributed by atoms with Crippen molar-refractivity contribution in [2.24, 2.45) is 0 Å². The van der Waals surface area contributed by atoms with Gasteiger partial charge in [-0.25, -0.2) is 0 Å². The molecule has 2 N–H and O–H groups in total. The topological polar surface area (TPSA) is 41.5 Å². The van der Waals surface area contributed by atoms with Gasteiger partial charge in [0.1, 0.15) is 18.1 Å². The van der Waals surface area contributed by atoms with Crippen LogP contribution in [0.2, 0.25) is 0 Å². The van der Waals surface area contributed by atoms with Crippen LogP contribution in [0.15, 0.2) is 12.1 Å². The molecule has 0 aliphatic rings. The van der Waals surface area contributed by atoms with Gasteiger partial charge in [-0.05, 0) is 50.6 Å². The smallest absolute Gasteiger partial charge is 0.125 e. The van der Waals surface area contributed by atoms with Gasteiger partial charge in [0.25, 0.3) is 0 Å². The Kier molecular flexibility index (Phi) is 4.62. The lowest BCUT2D eigenvalue weighted by atomic mass is 10.1. The molecule has 0 spiro atoms. The van der Waals surface area contributed by atoms with E-state index >= 15 is 0 Å². The maximum Gasteiger partial charge on any atom is 0.125 e. The molecule has 1 unspecified atom stereocenters. The highest BCUT2D eigenvalue weighted by atomic mass is 16.5. The minimum Gasteiger partial charge on any atom is -0.508 e. The first kappa shape index (κ1) is 12.8. The van der Waals surface area contributed by atoms with E-state index in [1.54, 1.807) is 12.1 Å². The van der Waals surface area contributed by atoms with Gasteiger partial charge in [-0.15, -0.1) is 0 Å². The number of likely N-dealkylation sites (N-methyl/N-ethyl adjacent to an activating group) is 1. The summed E-state index contributed by atoms with van der Waals surface area (Å²) in [6.45, 7) is 9.64. The quantitative estimate of drug-likeness (QED) is 0.805. The van der Waals surface area contributed by atoms with Crippen molar-refractivity contribution in [1.82, 2.24) is 5.32 Å². The van der Waals surface area contributed by atoms with Gasteiger partial charge < -0.3 is 15.2 Å². The van der Waals surface area contributed by atoms with E-state index in [4.69, 9.17) is 4.74 Å². The SMILES string of the molecule is CCNC(C)COc1c(C)cc(O)cc1C. The van der Waals surface area contributed by atoms with Gasteiger partial charge in [-0.3, -0.25) is 0 Å². The maximum atomic E-state index is 9.41. The number of phenolic OH excluding ortho intramolecular Hbond substituents is 1. The molecule has 0 amide bonds. The zero-order valence-electron chi connectivity index (χ0n) is 10.5. The Balaban J connectivity index is 2.67. The van der Waals surface area contributed by atoms with E-state index in [-0.39, 0.29) is 0 Å². The first-order chi connectivity index (χ1) is 7.54. The van der Waals surface area contributed by atoms with Crippen LogP contribution in [-0.2, 0) is 0 Å². The largest absolute Gasteiger partial charge is 0.508 e. The summed E-state index contributed by atoms with van der Waals surface area (Å²) >= 11 is 0. The average Bonchev–Trinajstić information content (AvgIpc) is 2.16. The normalized spacial score (nSPS) is 12.5. The van der Waals surface area contributed by atoms with E-state index < -0.39 is 0 Å². The first-order valence-electron chi connectivity index (χ1n) is 5.71. The summed E-state index contributed by atoms with van der Waals surface area (Å²) in [7, 11) is 0. The number of aryl methyl sites for hydroxylation is 2. The highest BCUT2D eigenvalue weighted by molar-refractivity contribution is 5.45. The van der Waals surface area contributed by atoms with Gasteiger partial charge in [0, 0.05) is 6.04 Å². The summed E-state index contributed by atoms with van der Waals surface area (Å²) in [6, 6.07) is 3.78. The van der Waals surface area contributed by atoms with E-state index in [1.807, 2.05) is 13.8 Å². The average molecular weight is 223 g/mol. The lowest BCUT2D eigenvalue weighted by Crippen LogP contribution is -2.31. The molecule has 0 fully saturated rings. The van der Waals surface area contributed by atoms with E-state index in [1.165, 1.54) is 0 Å². The second-order valence-corrected chi connectivity index (χ2v) is 4.18. The Morgan fingerprint density at radius 1 is 1.31 bits per heavy atom. The van der Waals surface area contributed by atoms with Crippen molar-refractivity contribution >= 4 is 0 Å². The summed E-state index contributed by atoms with van der Waals surface area (Å²) in [4.78, 5) is 0.